The Morgan fingerprint density at radius 1 is 1.00 bits per heavy atom. The van der Waals surface area contributed by atoms with Gasteiger partial charge in [0.25, 0.3) is 0 Å². The predicted molar refractivity (Wildman–Crippen MR) is 92.6 cm³/mol. The predicted octanol–water partition coefficient (Wildman–Crippen LogP) is 1.30. The van der Waals surface area contributed by atoms with E-state index in [0.29, 0.717) is 30.6 Å². The van der Waals surface area contributed by atoms with Crippen LogP contribution in [0.4, 0.5) is 0 Å². The lowest BCUT2D eigenvalue weighted by atomic mass is 9.44. The van der Waals surface area contributed by atoms with Crippen LogP contribution in [-0.2, 0) is 9.59 Å². The summed E-state index contributed by atoms with van der Waals surface area (Å²) in [6.07, 6.45) is 5.92. The average molecular weight is 363 g/mol. The van der Waals surface area contributed by atoms with E-state index in [1.54, 1.807) is 0 Å². The zero-order chi connectivity index (χ0) is 18.9. The van der Waals surface area contributed by atoms with Crippen molar-refractivity contribution in [2.24, 2.45) is 40.4 Å². The zero-order valence-corrected chi connectivity index (χ0v) is 15.8. The smallest absolute Gasteiger partial charge is 0.181 e. The van der Waals surface area contributed by atoms with Crippen molar-refractivity contribution in [3.63, 3.8) is 0 Å². The number of aliphatic hydroxyl groups excluding tert-OH is 2. The minimum Gasteiger partial charge on any atom is -0.542 e. The van der Waals surface area contributed by atoms with E-state index in [4.69, 9.17) is 0 Å². The lowest BCUT2D eigenvalue weighted by molar-refractivity contribution is -0.301. The molecular weight excluding hydrogens is 332 g/mol. The fraction of sp³-hybridized carbons (Fsp3) is 0.905. The summed E-state index contributed by atoms with van der Waals surface area (Å²) >= 11 is 0. The maximum absolute atomic E-state index is 12.2. The summed E-state index contributed by atoms with van der Waals surface area (Å²) < 4.78 is 0. The standard InChI is InChI=1S/C21H32O5/c1-20-8-7-12(22)9-11(20)3-4-13-14-5-6-15(18(24)19(25)26)21(14,2)10-16(23)17(13)20/h11-17,22-23H,3-10H2,1-2H3,(H,25,26)/p-1/t11-,12+,13?,14?,15-,16+,17?,20+,21+/m1/s1. The molecule has 0 saturated heterocycles. The fourth-order valence-electron chi connectivity index (χ4n) is 7.93. The Bertz CT molecular complexity index is 618. The largest absolute Gasteiger partial charge is 0.542 e. The third kappa shape index (κ3) is 2.42. The molecule has 4 aliphatic rings. The third-order valence-electron chi connectivity index (χ3n) is 9.08. The number of aliphatic carboxylic acids is 1. The fourth-order valence-corrected chi connectivity index (χ4v) is 7.93. The number of Topliss-reactive ketones (excluding diaryl/α,β-unsaturated/α-hetero) is 1. The van der Waals surface area contributed by atoms with Gasteiger partial charge in [0.05, 0.1) is 12.2 Å². The van der Waals surface area contributed by atoms with Crippen molar-refractivity contribution in [1.29, 1.82) is 0 Å². The summed E-state index contributed by atoms with van der Waals surface area (Å²) in [6.45, 7) is 4.32. The minimum atomic E-state index is -1.58. The van der Waals surface area contributed by atoms with Gasteiger partial charge in [-0.3, -0.25) is 4.79 Å². The van der Waals surface area contributed by atoms with Gasteiger partial charge >= 0.3 is 0 Å². The number of carboxylic acid groups (broad SMARTS) is 1. The van der Waals surface area contributed by atoms with Crippen molar-refractivity contribution in [1.82, 2.24) is 0 Å². The first kappa shape index (κ1) is 18.4. The van der Waals surface area contributed by atoms with E-state index in [1.807, 2.05) is 6.92 Å². The first-order chi connectivity index (χ1) is 12.2. The van der Waals surface area contributed by atoms with E-state index >= 15 is 0 Å². The topological polar surface area (TPSA) is 97.7 Å². The molecule has 4 aliphatic carbocycles. The number of carboxylic acids is 1. The number of carbonyl (C=O) groups is 2. The van der Waals surface area contributed by atoms with Crippen molar-refractivity contribution < 1.29 is 24.9 Å². The molecule has 0 bridgehead atoms. The summed E-state index contributed by atoms with van der Waals surface area (Å²) in [4.78, 5) is 23.4. The molecule has 0 aromatic carbocycles. The number of aliphatic hydroxyl groups is 2. The molecule has 0 spiro atoms. The number of hydrogen-bond donors (Lipinski definition) is 2. The first-order valence-electron chi connectivity index (χ1n) is 10.3. The van der Waals surface area contributed by atoms with Gasteiger partial charge in [-0.2, -0.15) is 0 Å². The van der Waals surface area contributed by atoms with Crippen molar-refractivity contribution in [2.45, 2.75) is 77.4 Å². The molecule has 26 heavy (non-hydrogen) atoms. The molecule has 4 rings (SSSR count). The average Bonchev–Trinajstić information content (AvgIpc) is 2.90. The summed E-state index contributed by atoms with van der Waals surface area (Å²) in [7, 11) is 0. The van der Waals surface area contributed by atoms with Gasteiger partial charge in [0.15, 0.2) is 5.78 Å². The Balaban J connectivity index is 1.65. The van der Waals surface area contributed by atoms with Gasteiger partial charge < -0.3 is 20.1 Å². The maximum atomic E-state index is 12.2. The zero-order valence-electron chi connectivity index (χ0n) is 15.8. The van der Waals surface area contributed by atoms with Gasteiger partial charge in [0, 0.05) is 5.92 Å². The molecule has 3 unspecified atom stereocenters. The van der Waals surface area contributed by atoms with Crippen LogP contribution in [-0.4, -0.2) is 34.2 Å². The monoisotopic (exact) mass is 363 g/mol. The Kier molecular flexibility index (Phi) is 4.27. The van der Waals surface area contributed by atoms with Crippen LogP contribution in [0.25, 0.3) is 0 Å². The molecule has 146 valence electrons. The molecule has 4 saturated carbocycles. The van der Waals surface area contributed by atoms with E-state index in [0.717, 1.165) is 38.5 Å². The lowest BCUT2D eigenvalue weighted by Gasteiger charge is -2.62. The van der Waals surface area contributed by atoms with Gasteiger partial charge in [-0.1, -0.05) is 13.8 Å². The lowest BCUT2D eigenvalue weighted by Crippen LogP contribution is -2.59. The number of rotatable bonds is 2. The molecule has 2 N–H and O–H groups in total. The number of hydrogen-bond acceptors (Lipinski definition) is 5. The summed E-state index contributed by atoms with van der Waals surface area (Å²) in [5.74, 6) is -1.58. The van der Waals surface area contributed by atoms with Gasteiger partial charge in [0.2, 0.25) is 0 Å². The Morgan fingerprint density at radius 3 is 2.42 bits per heavy atom. The highest BCUT2D eigenvalue weighted by atomic mass is 16.4. The molecule has 0 amide bonds. The maximum Gasteiger partial charge on any atom is 0.181 e. The summed E-state index contributed by atoms with van der Waals surface area (Å²) in [5, 5.41) is 32.5. The van der Waals surface area contributed by atoms with Crippen molar-refractivity contribution in [2.75, 3.05) is 0 Å². The van der Waals surface area contributed by atoms with Crippen LogP contribution in [0.5, 0.6) is 0 Å². The summed E-state index contributed by atoms with van der Waals surface area (Å²) in [6, 6.07) is 0. The molecule has 4 fully saturated rings. The highest BCUT2D eigenvalue weighted by molar-refractivity contribution is 6.32. The highest BCUT2D eigenvalue weighted by Gasteiger charge is 2.63. The van der Waals surface area contributed by atoms with E-state index in [9.17, 15) is 24.9 Å². The number of ketones is 1. The molecule has 9 atom stereocenters. The molecule has 0 aliphatic heterocycles. The van der Waals surface area contributed by atoms with E-state index in [-0.39, 0.29) is 17.4 Å². The first-order valence-corrected chi connectivity index (χ1v) is 10.3. The Labute approximate surface area is 155 Å². The second-order valence-electron chi connectivity index (χ2n) is 10.1. The van der Waals surface area contributed by atoms with E-state index < -0.39 is 29.2 Å². The van der Waals surface area contributed by atoms with Crippen LogP contribution >= 0.6 is 0 Å². The van der Waals surface area contributed by atoms with Gasteiger partial charge in [-0.05, 0) is 85.9 Å². The number of fused-ring (bicyclic) bond motifs is 5. The molecule has 5 heteroatoms. The molecule has 0 aromatic rings. The van der Waals surface area contributed by atoms with Gasteiger partial charge in [-0.25, -0.2) is 0 Å². The van der Waals surface area contributed by atoms with Crippen molar-refractivity contribution in [3.8, 4) is 0 Å². The van der Waals surface area contributed by atoms with E-state index in [1.165, 1.54) is 0 Å². The van der Waals surface area contributed by atoms with Crippen molar-refractivity contribution >= 4 is 11.8 Å². The third-order valence-corrected chi connectivity index (χ3v) is 9.08. The van der Waals surface area contributed by atoms with Crippen LogP contribution in [0.15, 0.2) is 0 Å². The van der Waals surface area contributed by atoms with Crippen LogP contribution in [0.2, 0.25) is 0 Å². The summed E-state index contributed by atoms with van der Waals surface area (Å²) in [5.41, 5.74) is -0.394. The van der Waals surface area contributed by atoms with Crippen LogP contribution in [0.1, 0.15) is 65.2 Å². The Morgan fingerprint density at radius 2 is 1.73 bits per heavy atom. The van der Waals surface area contributed by atoms with Crippen molar-refractivity contribution in [3.05, 3.63) is 0 Å². The Hall–Kier alpha value is -0.940. The van der Waals surface area contributed by atoms with E-state index in [2.05, 4.69) is 6.92 Å². The molecule has 0 radical (unpaired) electrons. The second-order valence-corrected chi connectivity index (χ2v) is 10.1. The van der Waals surface area contributed by atoms with Crippen LogP contribution < -0.4 is 5.11 Å². The molecule has 0 heterocycles. The quantitative estimate of drug-likeness (QED) is 0.721. The minimum absolute atomic E-state index is 0.0410. The molecular formula is C21H31O5-. The number of carbonyl (C=O) groups excluding carboxylic acids is 2. The second kappa shape index (κ2) is 6.03. The van der Waals surface area contributed by atoms with Gasteiger partial charge in [0.1, 0.15) is 5.97 Å². The molecule has 5 nitrogen and oxygen atoms in total. The van der Waals surface area contributed by atoms with Crippen LogP contribution in [0, 0.1) is 40.4 Å². The van der Waals surface area contributed by atoms with Gasteiger partial charge in [-0.15, -0.1) is 0 Å². The van der Waals surface area contributed by atoms with Crippen LogP contribution in [0.3, 0.4) is 0 Å². The molecule has 0 aromatic heterocycles. The SMILES string of the molecule is C[C@]12C[C@H](O)C3C(CC[C@@H]4C[C@@H](O)CC[C@]34C)C1CC[C@@H]2C(=O)C(=O)[O-]. The normalized spacial score (nSPS) is 53.3. The highest BCUT2D eigenvalue weighted by Crippen LogP contribution is 2.67.